The minimum atomic E-state index is -1.50. The maximum Gasteiger partial charge on any atom is 2.00 e. The summed E-state index contributed by atoms with van der Waals surface area (Å²) in [6, 6.07) is -0.160. The molecule has 1 aliphatic carbocycles. The van der Waals surface area contributed by atoms with E-state index in [4.69, 9.17) is 65.3 Å². The zero-order chi connectivity index (χ0) is 16.6. The van der Waals surface area contributed by atoms with E-state index >= 15 is 0 Å². The minimum absolute atomic E-state index is 0. The van der Waals surface area contributed by atoms with Gasteiger partial charge >= 0.3 is 21.1 Å². The smallest absolute Gasteiger partial charge is 0.676 e. The molecule has 2 atom stereocenters. The van der Waals surface area contributed by atoms with E-state index in [2.05, 4.69) is 0 Å². The van der Waals surface area contributed by atoms with Crippen LogP contribution in [-0.2, 0) is 21.1 Å². The second-order valence-electron chi connectivity index (χ2n) is 3.35. The van der Waals surface area contributed by atoms with Crippen LogP contribution in [0.15, 0.2) is 0 Å². The minimum Gasteiger partial charge on any atom is -0.676 e. The van der Waals surface area contributed by atoms with Gasteiger partial charge in [-0.2, -0.15) is 12.1 Å². The van der Waals surface area contributed by atoms with Crippen molar-refractivity contribution < 1.29 is 41.7 Å². The van der Waals surface area contributed by atoms with Crippen molar-refractivity contribution in [3.05, 3.63) is 31.7 Å². The van der Waals surface area contributed by atoms with Crippen LogP contribution in [0.3, 0.4) is 0 Å². The van der Waals surface area contributed by atoms with Crippen molar-refractivity contribution in [1.29, 1.82) is 0 Å². The van der Waals surface area contributed by atoms with E-state index in [1.165, 1.54) is 12.8 Å². The van der Waals surface area contributed by atoms with Crippen LogP contribution in [0.2, 0.25) is 0 Å². The predicted octanol–water partition coefficient (Wildman–Crippen LogP) is 3.17. The molecule has 0 bridgehead atoms. The summed E-state index contributed by atoms with van der Waals surface area (Å²) < 4.78 is 0. The van der Waals surface area contributed by atoms with Crippen LogP contribution in [0.25, 0.3) is 11.5 Å². The second-order valence-corrected chi connectivity index (χ2v) is 4.11. The molecule has 0 aromatic carbocycles. The summed E-state index contributed by atoms with van der Waals surface area (Å²) >= 11 is 10.1. The second kappa shape index (κ2) is 21.9. The number of nitrogens with zero attached hydrogens (tertiary/aromatic N) is 2. The van der Waals surface area contributed by atoms with E-state index in [1.54, 1.807) is 0 Å². The van der Waals surface area contributed by atoms with Crippen molar-refractivity contribution in [2.45, 2.75) is 37.8 Å². The Balaban J connectivity index is -0.0000000973. The molecular weight excluding hydrogens is 514 g/mol. The van der Waals surface area contributed by atoms with Crippen LogP contribution < -0.4 is 0 Å². The van der Waals surface area contributed by atoms with Crippen molar-refractivity contribution in [2.24, 2.45) is 0 Å². The molecule has 0 amide bonds. The molecule has 0 aromatic rings. The number of halogens is 2. The molecule has 0 heterocycles. The van der Waals surface area contributed by atoms with Crippen molar-refractivity contribution in [2.75, 3.05) is 11.8 Å². The molecule has 0 saturated heterocycles. The number of rotatable bonds is 1. The first kappa shape index (κ1) is 28.7. The normalized spacial score (nSPS) is 18.9. The Kier molecular flexibility index (Phi) is 29.9. The zero-order valence-corrected chi connectivity index (χ0v) is 14.7. The Morgan fingerprint density at radius 3 is 1.24 bits per heavy atom. The fourth-order valence-corrected chi connectivity index (χ4v) is 1.13. The molecule has 10 nitrogen and oxygen atoms in total. The van der Waals surface area contributed by atoms with Crippen LogP contribution >= 0.6 is 23.2 Å². The molecule has 13 heteroatoms. The average Bonchev–Trinajstić information content (AvgIpc) is 2.32. The van der Waals surface area contributed by atoms with Crippen LogP contribution in [0.5, 0.6) is 0 Å². The first-order valence-corrected chi connectivity index (χ1v) is 6.46. The van der Waals surface area contributed by atoms with Gasteiger partial charge in [-0.05, 0) is 0 Å². The Labute approximate surface area is 146 Å². The number of hydrogen-bond acceptors (Lipinski definition) is 4. The first-order chi connectivity index (χ1) is 9.18. The predicted molar refractivity (Wildman–Crippen MR) is 73.7 cm³/mol. The SMILES string of the molecule is ClCCCl.O=[N+]([O-])O.O=[N+]([O-])O.[NH-][C@@H]1CCCC[C@H]1[NH-].[Pt+2]. The zero-order valence-electron chi connectivity index (χ0n) is 10.9. The number of hydrogen-bond donors (Lipinski definition) is 2. The summed E-state index contributed by atoms with van der Waals surface area (Å²) in [5.74, 6) is 1.11. The van der Waals surface area contributed by atoms with Gasteiger partial charge in [-0.1, -0.05) is 25.7 Å². The van der Waals surface area contributed by atoms with Crippen molar-refractivity contribution in [3.8, 4) is 0 Å². The van der Waals surface area contributed by atoms with Gasteiger partial charge in [-0.15, -0.1) is 43.4 Å². The Hall–Kier alpha value is -0.412. The summed E-state index contributed by atoms with van der Waals surface area (Å²) in [7, 11) is 0. The quantitative estimate of drug-likeness (QED) is 0.298. The van der Waals surface area contributed by atoms with Crippen LogP contribution in [0.4, 0.5) is 0 Å². The maximum atomic E-state index is 8.36. The fraction of sp³-hybridized carbons (Fsp3) is 1.00. The number of nitrogens with one attached hydrogen (secondary N) is 2. The molecule has 1 fully saturated rings. The molecular formula is C8H18Cl2N4O6Pt. The number of alkyl halides is 2. The first-order valence-electron chi connectivity index (χ1n) is 5.39. The fourth-order valence-electron chi connectivity index (χ4n) is 1.13. The van der Waals surface area contributed by atoms with Gasteiger partial charge in [0.1, 0.15) is 0 Å². The van der Waals surface area contributed by atoms with Gasteiger partial charge in [0, 0.05) is 11.8 Å². The van der Waals surface area contributed by atoms with Gasteiger partial charge in [-0.3, -0.25) is 0 Å². The molecule has 0 unspecified atom stereocenters. The average molecular weight is 532 g/mol. The third-order valence-corrected chi connectivity index (χ3v) is 2.41. The summed E-state index contributed by atoms with van der Waals surface area (Å²) in [6.07, 6.45) is 4.25. The molecule has 0 spiro atoms. The van der Waals surface area contributed by atoms with Crippen LogP contribution in [-0.4, -0.2) is 44.4 Å². The maximum absolute atomic E-state index is 8.36. The Bertz CT molecular complexity index is 223. The van der Waals surface area contributed by atoms with Gasteiger partial charge < -0.3 is 21.9 Å². The van der Waals surface area contributed by atoms with Gasteiger partial charge in [-0.25, -0.2) is 0 Å². The summed E-state index contributed by atoms with van der Waals surface area (Å²) in [4.78, 5) is 16.7. The van der Waals surface area contributed by atoms with Crippen molar-refractivity contribution >= 4 is 23.2 Å². The molecule has 130 valence electrons. The molecule has 1 rings (SSSR count). The summed E-state index contributed by atoms with van der Waals surface area (Å²) in [6.45, 7) is 0. The monoisotopic (exact) mass is 531 g/mol. The van der Waals surface area contributed by atoms with E-state index in [0.29, 0.717) is 11.8 Å². The molecule has 0 radical (unpaired) electrons. The van der Waals surface area contributed by atoms with Crippen molar-refractivity contribution in [3.63, 3.8) is 0 Å². The van der Waals surface area contributed by atoms with E-state index in [9.17, 15) is 0 Å². The molecule has 1 aliphatic rings. The molecule has 0 aromatic heterocycles. The van der Waals surface area contributed by atoms with E-state index < -0.39 is 10.2 Å². The molecule has 0 aliphatic heterocycles. The largest absolute Gasteiger partial charge is 2.00 e. The van der Waals surface area contributed by atoms with Gasteiger partial charge in [0.15, 0.2) is 0 Å². The Morgan fingerprint density at radius 1 is 0.952 bits per heavy atom. The van der Waals surface area contributed by atoms with E-state index in [-0.39, 0.29) is 33.1 Å². The molecule has 21 heavy (non-hydrogen) atoms. The van der Waals surface area contributed by atoms with Gasteiger partial charge in [0.25, 0.3) is 10.2 Å². The molecule has 4 N–H and O–H groups in total. The van der Waals surface area contributed by atoms with Gasteiger partial charge in [0.05, 0.1) is 0 Å². The topological polar surface area (TPSA) is 174 Å². The summed E-state index contributed by atoms with van der Waals surface area (Å²) in [5.41, 5.74) is 14.6. The standard InChI is InChI=1S/C6H12N2.C2H4Cl2.2HNO3.Pt/c7-5-3-1-2-4-6(5)8;3-1-2-4;2*2-1(3)4;/h5-8H,1-4H2;1-2H2;2*(H,2,3,4);/q-2;;;;+2/t5-,6-;;;;/m1..../s1. The van der Waals surface area contributed by atoms with E-state index in [0.717, 1.165) is 12.8 Å². The third kappa shape index (κ3) is 45.1. The van der Waals surface area contributed by atoms with Crippen LogP contribution in [0.1, 0.15) is 25.7 Å². The third-order valence-electron chi connectivity index (χ3n) is 1.84. The molecule has 1 saturated carbocycles. The Morgan fingerprint density at radius 2 is 1.14 bits per heavy atom. The van der Waals surface area contributed by atoms with Crippen molar-refractivity contribution in [1.82, 2.24) is 0 Å². The van der Waals surface area contributed by atoms with Gasteiger partial charge in [0.2, 0.25) is 0 Å². The van der Waals surface area contributed by atoms with E-state index in [1.807, 2.05) is 0 Å². The van der Waals surface area contributed by atoms with Crippen LogP contribution in [0, 0.1) is 20.2 Å². The summed E-state index contributed by atoms with van der Waals surface area (Å²) in [5, 5.41) is 27.3.